The van der Waals surface area contributed by atoms with Crippen molar-refractivity contribution in [2.45, 2.75) is 24.2 Å². The highest BCUT2D eigenvalue weighted by Gasteiger charge is 2.71. The van der Waals surface area contributed by atoms with Crippen LogP contribution in [0.4, 0.5) is 10.5 Å². The number of carbonyl (C=O) groups is 5. The number of fused-ring (bicyclic) bond motifs is 4. The van der Waals surface area contributed by atoms with E-state index in [1.54, 1.807) is 60.7 Å². The fraction of sp³-hybridized carbons (Fsp3) is 0.286. The van der Waals surface area contributed by atoms with Crippen molar-refractivity contribution in [2.75, 3.05) is 19.1 Å². The van der Waals surface area contributed by atoms with E-state index in [2.05, 4.69) is 15.9 Å². The van der Waals surface area contributed by atoms with Crippen molar-refractivity contribution >= 4 is 62.9 Å². The van der Waals surface area contributed by atoms with Gasteiger partial charge in [-0.1, -0.05) is 75.6 Å². The van der Waals surface area contributed by atoms with Crippen LogP contribution in [-0.2, 0) is 29.3 Å². The Hall–Kier alpha value is -4.48. The van der Waals surface area contributed by atoms with Gasteiger partial charge >= 0.3 is 6.09 Å². The molecule has 5 amide bonds. The minimum absolute atomic E-state index is 0.0277. The Morgan fingerprint density at radius 1 is 0.957 bits per heavy atom. The van der Waals surface area contributed by atoms with Crippen LogP contribution in [0.1, 0.15) is 29.9 Å². The number of benzene rings is 3. The molecule has 0 radical (unpaired) electrons. The first-order valence-electron chi connectivity index (χ1n) is 15.0. The third-order valence-electron chi connectivity index (χ3n) is 10.1. The van der Waals surface area contributed by atoms with Crippen LogP contribution < -0.4 is 9.64 Å². The van der Waals surface area contributed by atoms with E-state index in [9.17, 15) is 24.3 Å². The van der Waals surface area contributed by atoms with E-state index in [4.69, 9.17) is 21.1 Å². The van der Waals surface area contributed by atoms with Crippen LogP contribution in [0.3, 0.4) is 0 Å². The van der Waals surface area contributed by atoms with Crippen LogP contribution in [0.2, 0.25) is 5.02 Å². The predicted molar refractivity (Wildman–Crippen MR) is 173 cm³/mol. The van der Waals surface area contributed by atoms with E-state index in [1.165, 1.54) is 13.2 Å². The first kappa shape index (κ1) is 31.1. The van der Waals surface area contributed by atoms with Gasteiger partial charge in [-0.15, -0.1) is 0 Å². The van der Waals surface area contributed by atoms with Gasteiger partial charge in [0.1, 0.15) is 0 Å². The number of hydrogen-bond acceptors (Lipinski definition) is 8. The lowest BCUT2D eigenvalue weighted by atomic mass is 9.49. The lowest BCUT2D eigenvalue weighted by Gasteiger charge is -2.50. The predicted octanol–water partition coefficient (Wildman–Crippen LogP) is 5.75. The summed E-state index contributed by atoms with van der Waals surface area (Å²) in [7, 11) is 2.50. The smallest absolute Gasteiger partial charge is 0.423 e. The number of imide groups is 4. The molecule has 3 fully saturated rings. The third-order valence-corrected chi connectivity index (χ3v) is 10.8. The molecule has 0 aromatic heterocycles. The van der Waals surface area contributed by atoms with Gasteiger partial charge in [0.2, 0.25) is 23.6 Å². The van der Waals surface area contributed by atoms with Crippen molar-refractivity contribution in [3.8, 4) is 11.5 Å². The van der Waals surface area contributed by atoms with E-state index in [0.29, 0.717) is 31.1 Å². The molecule has 4 aliphatic rings. The number of allylic oxidation sites excluding steroid dienone is 2. The molecule has 1 N–H and O–H groups in total. The molecule has 47 heavy (non-hydrogen) atoms. The summed E-state index contributed by atoms with van der Waals surface area (Å²) in [5.74, 6) is -7.10. The number of aromatic hydroxyl groups is 1. The number of methoxy groups -OCH3 is 2. The second-order valence-corrected chi connectivity index (χ2v) is 13.5. The molecule has 2 heterocycles. The summed E-state index contributed by atoms with van der Waals surface area (Å²) in [5.41, 5.74) is 0.153. The Bertz CT molecular complexity index is 1910. The van der Waals surface area contributed by atoms with Crippen LogP contribution in [0.5, 0.6) is 11.5 Å². The molecular weight excluding hydrogens is 692 g/mol. The largest absolute Gasteiger partial charge is 0.504 e. The molecule has 2 aliphatic heterocycles. The molecule has 10 nitrogen and oxygen atoms in total. The Morgan fingerprint density at radius 2 is 1.70 bits per heavy atom. The third kappa shape index (κ3) is 4.32. The molecule has 6 atom stereocenters. The molecule has 12 heteroatoms. The van der Waals surface area contributed by atoms with Crippen LogP contribution >= 0.6 is 27.5 Å². The van der Waals surface area contributed by atoms with Crippen molar-refractivity contribution < 1.29 is 38.6 Å². The SMILES string of the molecule is COC(=O)N1C(=O)C2CC=C3C(CC4C(=O)N(c5cccc(Cl)c5)C(=O)C4(c4ccccc4)C3c3cc(Br)cc(OC)c3O)C2C1=O. The van der Waals surface area contributed by atoms with E-state index >= 15 is 4.79 Å². The normalized spacial score (nSPS) is 28.1. The standard InChI is InChI=1S/C35H28BrClN2O8/c1-46-26-14-18(36)13-24(29(26)40)28-21-11-12-22-27(32(43)39(30(22)41)34(45)47-2)23(21)16-25-31(42)38(20-10-6-9-19(37)15-20)33(44)35(25,28)17-7-4-3-5-8-17/h3-11,13-15,22-23,25,27-28,40H,12,16H2,1-2H3. The van der Waals surface area contributed by atoms with Gasteiger partial charge in [0.15, 0.2) is 11.5 Å². The molecule has 6 unspecified atom stereocenters. The number of rotatable bonds is 4. The summed E-state index contributed by atoms with van der Waals surface area (Å²) in [4.78, 5) is 71.6. The number of phenolic OH excluding ortho intramolecular Hbond substituents is 1. The zero-order chi connectivity index (χ0) is 33.4. The first-order valence-corrected chi connectivity index (χ1v) is 16.1. The van der Waals surface area contributed by atoms with Gasteiger partial charge in [-0.25, -0.2) is 9.69 Å². The zero-order valence-corrected chi connectivity index (χ0v) is 27.5. The lowest BCUT2D eigenvalue weighted by molar-refractivity contribution is -0.138. The summed E-state index contributed by atoms with van der Waals surface area (Å²) in [6, 6.07) is 18.7. The average molecular weight is 720 g/mol. The fourth-order valence-corrected chi connectivity index (χ4v) is 8.97. The minimum Gasteiger partial charge on any atom is -0.504 e. The van der Waals surface area contributed by atoms with Crippen LogP contribution in [-0.4, -0.2) is 53.9 Å². The molecule has 3 aromatic carbocycles. The lowest BCUT2D eigenvalue weighted by Crippen LogP contribution is -2.53. The number of nitrogens with zero attached hydrogens (tertiary/aromatic N) is 2. The van der Waals surface area contributed by atoms with E-state index < -0.39 is 64.7 Å². The minimum atomic E-state index is -1.59. The van der Waals surface area contributed by atoms with E-state index in [-0.39, 0.29) is 30.0 Å². The number of ether oxygens (including phenoxy) is 2. The number of halogens is 2. The molecule has 2 saturated heterocycles. The molecule has 0 bridgehead atoms. The van der Waals surface area contributed by atoms with Gasteiger partial charge in [-0.2, -0.15) is 4.90 Å². The van der Waals surface area contributed by atoms with Gasteiger partial charge in [0.25, 0.3) is 0 Å². The molecule has 3 aromatic rings. The number of likely N-dealkylation sites (tertiary alicyclic amines) is 1. The number of carbonyl (C=O) groups excluding carboxylic acids is 5. The Kier molecular flexibility index (Phi) is 7.52. The maximum absolute atomic E-state index is 15.2. The number of phenols is 1. The van der Waals surface area contributed by atoms with Crippen molar-refractivity contribution in [3.63, 3.8) is 0 Å². The summed E-state index contributed by atoms with van der Waals surface area (Å²) in [6.45, 7) is 0. The quantitative estimate of drug-likeness (QED) is 0.267. The topological polar surface area (TPSA) is 131 Å². The van der Waals surface area contributed by atoms with Gasteiger partial charge in [-0.3, -0.25) is 19.2 Å². The summed E-state index contributed by atoms with van der Waals surface area (Å²) in [6.07, 6.45) is 0.887. The Balaban J connectivity index is 1.53. The van der Waals surface area contributed by atoms with Crippen molar-refractivity contribution in [1.29, 1.82) is 0 Å². The van der Waals surface area contributed by atoms with Gasteiger partial charge in [0.05, 0.1) is 43.1 Å². The number of anilines is 1. The second-order valence-electron chi connectivity index (χ2n) is 12.1. The Labute approximate surface area is 283 Å². The van der Waals surface area contributed by atoms with E-state index in [0.717, 1.165) is 12.0 Å². The van der Waals surface area contributed by atoms with Crippen LogP contribution in [0.15, 0.2) is 82.9 Å². The maximum atomic E-state index is 15.2. The highest BCUT2D eigenvalue weighted by molar-refractivity contribution is 9.10. The van der Waals surface area contributed by atoms with Crippen molar-refractivity contribution in [2.24, 2.45) is 23.7 Å². The van der Waals surface area contributed by atoms with Gasteiger partial charge < -0.3 is 14.6 Å². The van der Waals surface area contributed by atoms with Gasteiger partial charge in [-0.05, 0) is 54.7 Å². The molecule has 0 spiro atoms. The van der Waals surface area contributed by atoms with Gasteiger partial charge in [0, 0.05) is 21.0 Å². The first-order chi connectivity index (χ1) is 22.6. The maximum Gasteiger partial charge on any atom is 0.423 e. The van der Waals surface area contributed by atoms with E-state index in [1.807, 2.05) is 6.08 Å². The molecule has 240 valence electrons. The molecule has 2 aliphatic carbocycles. The average Bonchev–Trinajstić information content (AvgIpc) is 3.46. The summed E-state index contributed by atoms with van der Waals surface area (Å²) < 4.78 is 10.8. The Morgan fingerprint density at radius 3 is 2.38 bits per heavy atom. The monoisotopic (exact) mass is 718 g/mol. The number of amides is 5. The zero-order valence-electron chi connectivity index (χ0n) is 25.2. The second kappa shape index (κ2) is 11.3. The molecular formula is C35H28BrClN2O8. The molecule has 1 saturated carbocycles. The molecule has 7 rings (SSSR count). The summed E-state index contributed by atoms with van der Waals surface area (Å²) in [5, 5.41) is 12.1. The van der Waals surface area contributed by atoms with Crippen LogP contribution in [0, 0.1) is 23.7 Å². The fourth-order valence-electron chi connectivity index (χ4n) is 8.33. The number of hydrogen-bond donors (Lipinski definition) is 1. The highest BCUT2D eigenvalue weighted by atomic mass is 79.9. The summed E-state index contributed by atoms with van der Waals surface area (Å²) >= 11 is 9.86. The van der Waals surface area contributed by atoms with Crippen molar-refractivity contribution in [3.05, 3.63) is 99.0 Å². The highest BCUT2D eigenvalue weighted by Crippen LogP contribution is 2.65. The van der Waals surface area contributed by atoms with Crippen molar-refractivity contribution in [1.82, 2.24) is 4.90 Å². The van der Waals surface area contributed by atoms with Crippen LogP contribution in [0.25, 0.3) is 0 Å².